The number of ether oxygens (including phenoxy) is 1. The number of nitrogens with zero attached hydrogens (tertiary/aromatic N) is 1. The van der Waals surface area contributed by atoms with Crippen molar-refractivity contribution in [3.8, 4) is 0 Å². The van der Waals surface area contributed by atoms with Crippen molar-refractivity contribution in [2.45, 2.75) is 32.2 Å². The molecule has 1 unspecified atom stereocenters. The summed E-state index contributed by atoms with van der Waals surface area (Å²) in [4.78, 5) is 16.2. The molecule has 0 bridgehead atoms. The summed E-state index contributed by atoms with van der Waals surface area (Å²) in [6.07, 6.45) is 7.77. The molecule has 1 saturated heterocycles. The zero-order chi connectivity index (χ0) is 15.3. The van der Waals surface area contributed by atoms with Gasteiger partial charge in [0.15, 0.2) is 0 Å². The third kappa shape index (κ3) is 4.90. The smallest absolute Gasteiger partial charge is 0.223 e. The maximum absolute atomic E-state index is 12.2. The third-order valence-corrected chi connectivity index (χ3v) is 4.88. The van der Waals surface area contributed by atoms with Crippen molar-refractivity contribution in [1.82, 2.24) is 15.6 Å². The number of carbonyl (C=O) groups excluding carboxylic acids is 1. The first kappa shape index (κ1) is 18.2. The Kier molecular flexibility index (Phi) is 6.81. The fourth-order valence-electron chi connectivity index (χ4n) is 3.33. The number of aromatic nitrogens is 1. The van der Waals surface area contributed by atoms with E-state index in [1.54, 1.807) is 6.20 Å². The fraction of sp³-hybridized carbons (Fsp3) is 0.647. The normalized spacial score (nSPS) is 21.5. The Morgan fingerprint density at radius 1 is 1.35 bits per heavy atom. The lowest BCUT2D eigenvalue weighted by molar-refractivity contribution is -0.123. The molecule has 1 aromatic heterocycles. The Labute approximate surface area is 144 Å². The van der Waals surface area contributed by atoms with Crippen LogP contribution in [0.4, 0.5) is 0 Å². The second-order valence-corrected chi connectivity index (χ2v) is 6.41. The van der Waals surface area contributed by atoms with E-state index < -0.39 is 0 Å². The predicted molar refractivity (Wildman–Crippen MR) is 91.4 cm³/mol. The van der Waals surface area contributed by atoms with Crippen LogP contribution < -0.4 is 10.6 Å². The minimum atomic E-state index is 0. The number of halogens is 1. The average Bonchev–Trinajstić information content (AvgIpc) is 3.25. The third-order valence-electron chi connectivity index (χ3n) is 4.88. The molecule has 2 aliphatic rings. The molecule has 2 heterocycles. The van der Waals surface area contributed by atoms with Crippen LogP contribution >= 0.6 is 12.4 Å². The molecule has 6 heteroatoms. The Hall–Kier alpha value is -1.17. The Morgan fingerprint density at radius 2 is 2.17 bits per heavy atom. The van der Waals surface area contributed by atoms with Gasteiger partial charge in [0, 0.05) is 44.6 Å². The zero-order valence-electron chi connectivity index (χ0n) is 13.4. The first-order valence-electron chi connectivity index (χ1n) is 8.25. The van der Waals surface area contributed by atoms with Gasteiger partial charge in [-0.3, -0.25) is 9.78 Å². The Morgan fingerprint density at radius 3 is 2.91 bits per heavy atom. The molecule has 5 nitrogen and oxygen atoms in total. The van der Waals surface area contributed by atoms with Gasteiger partial charge >= 0.3 is 0 Å². The summed E-state index contributed by atoms with van der Waals surface area (Å²) in [6, 6.07) is 4.00. The van der Waals surface area contributed by atoms with E-state index in [2.05, 4.69) is 21.7 Å². The first-order valence-corrected chi connectivity index (χ1v) is 8.25. The largest absolute Gasteiger partial charge is 0.381 e. The molecule has 1 saturated carbocycles. The van der Waals surface area contributed by atoms with Gasteiger partial charge in [-0.2, -0.15) is 0 Å². The molecular formula is C17H26ClN3O2. The van der Waals surface area contributed by atoms with Gasteiger partial charge in [0.05, 0.1) is 0 Å². The molecule has 23 heavy (non-hydrogen) atoms. The number of pyridine rings is 1. The van der Waals surface area contributed by atoms with Crippen LogP contribution in [0, 0.1) is 11.3 Å². The lowest BCUT2D eigenvalue weighted by atomic mass is 9.93. The standard InChI is InChI=1S/C17H25N3O2.ClH/c21-16(15-11-17(15)4-9-22-10-5-17)20-8-2-7-19-13-14-3-1-6-18-12-14;/h1,3,6,12,15,19H,2,4-5,7-11,13H2,(H,20,21);1H. The summed E-state index contributed by atoms with van der Waals surface area (Å²) in [5, 5.41) is 6.45. The SMILES string of the molecule is Cl.O=C(NCCCNCc1cccnc1)C1CC12CCOCC2. The van der Waals surface area contributed by atoms with Crippen molar-refractivity contribution in [2.75, 3.05) is 26.3 Å². The number of nitrogens with one attached hydrogen (secondary N) is 2. The number of amides is 1. The van der Waals surface area contributed by atoms with Gasteiger partial charge in [0.25, 0.3) is 0 Å². The van der Waals surface area contributed by atoms with Crippen LogP contribution in [0.5, 0.6) is 0 Å². The predicted octanol–water partition coefficient (Wildman–Crippen LogP) is 1.92. The zero-order valence-corrected chi connectivity index (χ0v) is 14.2. The molecule has 2 N–H and O–H groups in total. The number of hydrogen-bond acceptors (Lipinski definition) is 4. The molecule has 128 valence electrons. The van der Waals surface area contributed by atoms with E-state index in [-0.39, 0.29) is 29.6 Å². The van der Waals surface area contributed by atoms with Gasteiger partial charge < -0.3 is 15.4 Å². The van der Waals surface area contributed by atoms with Crippen LogP contribution in [-0.2, 0) is 16.1 Å². The second-order valence-electron chi connectivity index (χ2n) is 6.41. The van der Waals surface area contributed by atoms with E-state index >= 15 is 0 Å². The topological polar surface area (TPSA) is 63.2 Å². The van der Waals surface area contributed by atoms with Crippen LogP contribution in [-0.4, -0.2) is 37.2 Å². The number of carbonyl (C=O) groups is 1. The highest BCUT2D eigenvalue weighted by Crippen LogP contribution is 2.59. The lowest BCUT2D eigenvalue weighted by Gasteiger charge is -2.22. The van der Waals surface area contributed by atoms with Gasteiger partial charge in [-0.1, -0.05) is 6.07 Å². The minimum absolute atomic E-state index is 0. The Bertz CT molecular complexity index is 492. The number of rotatable bonds is 7. The van der Waals surface area contributed by atoms with Crippen LogP contribution in [0.15, 0.2) is 24.5 Å². The van der Waals surface area contributed by atoms with Crippen LogP contribution in [0.1, 0.15) is 31.2 Å². The van der Waals surface area contributed by atoms with Gasteiger partial charge in [0.2, 0.25) is 5.91 Å². The Balaban J connectivity index is 0.00000192. The van der Waals surface area contributed by atoms with Gasteiger partial charge in [-0.25, -0.2) is 0 Å². The van der Waals surface area contributed by atoms with E-state index in [0.29, 0.717) is 0 Å². The maximum Gasteiger partial charge on any atom is 0.223 e. The molecule has 2 fully saturated rings. The summed E-state index contributed by atoms with van der Waals surface area (Å²) in [7, 11) is 0. The highest BCUT2D eigenvalue weighted by Gasteiger charge is 2.57. The van der Waals surface area contributed by atoms with Crippen molar-refractivity contribution < 1.29 is 9.53 Å². The lowest BCUT2D eigenvalue weighted by Crippen LogP contribution is -2.31. The summed E-state index contributed by atoms with van der Waals surface area (Å²) < 4.78 is 5.39. The molecule has 0 aromatic carbocycles. The monoisotopic (exact) mass is 339 g/mol. The molecule has 1 spiro atoms. The van der Waals surface area contributed by atoms with E-state index in [0.717, 1.165) is 58.5 Å². The quantitative estimate of drug-likeness (QED) is 0.745. The summed E-state index contributed by atoms with van der Waals surface area (Å²) in [5.41, 5.74) is 1.46. The molecular weight excluding hydrogens is 314 g/mol. The molecule has 1 aliphatic carbocycles. The van der Waals surface area contributed by atoms with Crippen LogP contribution in [0.2, 0.25) is 0 Å². The first-order chi connectivity index (χ1) is 10.8. The molecule has 1 amide bonds. The van der Waals surface area contributed by atoms with Crippen molar-refractivity contribution in [1.29, 1.82) is 0 Å². The molecule has 1 aliphatic heterocycles. The summed E-state index contributed by atoms with van der Waals surface area (Å²) in [6.45, 7) is 4.12. The molecule has 1 aromatic rings. The highest BCUT2D eigenvalue weighted by molar-refractivity contribution is 5.85. The molecule has 1 atom stereocenters. The van der Waals surface area contributed by atoms with E-state index in [4.69, 9.17) is 4.74 Å². The van der Waals surface area contributed by atoms with E-state index in [1.165, 1.54) is 5.56 Å². The summed E-state index contributed by atoms with van der Waals surface area (Å²) >= 11 is 0. The van der Waals surface area contributed by atoms with Crippen molar-refractivity contribution in [2.24, 2.45) is 11.3 Å². The van der Waals surface area contributed by atoms with Crippen molar-refractivity contribution >= 4 is 18.3 Å². The van der Waals surface area contributed by atoms with E-state index in [1.807, 2.05) is 12.3 Å². The van der Waals surface area contributed by atoms with Crippen molar-refractivity contribution in [3.05, 3.63) is 30.1 Å². The number of hydrogen-bond donors (Lipinski definition) is 2. The van der Waals surface area contributed by atoms with E-state index in [9.17, 15) is 4.79 Å². The highest BCUT2D eigenvalue weighted by atomic mass is 35.5. The second kappa shape index (κ2) is 8.62. The minimum Gasteiger partial charge on any atom is -0.381 e. The molecule has 3 rings (SSSR count). The van der Waals surface area contributed by atoms with Gasteiger partial charge in [-0.15, -0.1) is 12.4 Å². The fourth-order valence-corrected chi connectivity index (χ4v) is 3.33. The van der Waals surface area contributed by atoms with Crippen molar-refractivity contribution in [3.63, 3.8) is 0 Å². The summed E-state index contributed by atoms with van der Waals surface area (Å²) in [5.74, 6) is 0.480. The van der Waals surface area contributed by atoms with Crippen LogP contribution in [0.25, 0.3) is 0 Å². The average molecular weight is 340 g/mol. The van der Waals surface area contributed by atoms with Gasteiger partial charge in [0.1, 0.15) is 0 Å². The van der Waals surface area contributed by atoms with Gasteiger partial charge in [-0.05, 0) is 49.3 Å². The molecule has 0 radical (unpaired) electrons. The van der Waals surface area contributed by atoms with Crippen LogP contribution in [0.3, 0.4) is 0 Å². The maximum atomic E-state index is 12.2.